The molecular weight excluding hydrogens is 260 g/mol. The fourth-order valence-corrected chi connectivity index (χ4v) is 2.69. The number of rotatable bonds is 6. The zero-order valence-corrected chi connectivity index (χ0v) is 12.6. The first kappa shape index (κ1) is 16.8. The van der Waals surface area contributed by atoms with E-state index in [1.165, 1.54) is 0 Å². The molecule has 6 nitrogen and oxygen atoms in total. The molecule has 3 atom stereocenters. The molecule has 116 valence electrons. The first-order valence-electron chi connectivity index (χ1n) is 7.20. The van der Waals surface area contributed by atoms with Crippen molar-refractivity contribution in [2.45, 2.75) is 39.2 Å². The summed E-state index contributed by atoms with van der Waals surface area (Å²) < 4.78 is 5.00. The Labute approximate surface area is 120 Å². The second kappa shape index (κ2) is 8.09. The highest BCUT2D eigenvalue weighted by Gasteiger charge is 2.28. The van der Waals surface area contributed by atoms with Gasteiger partial charge in [0.25, 0.3) is 0 Å². The quantitative estimate of drug-likeness (QED) is 0.776. The number of amides is 2. The molecule has 1 aliphatic heterocycles. The van der Waals surface area contributed by atoms with Gasteiger partial charge < -0.3 is 20.1 Å². The summed E-state index contributed by atoms with van der Waals surface area (Å²) in [6.45, 7) is 5.71. The van der Waals surface area contributed by atoms with Crippen LogP contribution in [-0.4, -0.2) is 54.9 Å². The highest BCUT2D eigenvalue weighted by atomic mass is 16.5. The van der Waals surface area contributed by atoms with E-state index in [4.69, 9.17) is 9.84 Å². The van der Waals surface area contributed by atoms with Crippen LogP contribution in [0.1, 0.15) is 33.1 Å². The van der Waals surface area contributed by atoms with Crippen molar-refractivity contribution in [3.63, 3.8) is 0 Å². The molecule has 20 heavy (non-hydrogen) atoms. The fraction of sp³-hybridized carbons (Fsp3) is 0.857. The molecule has 1 aliphatic rings. The van der Waals surface area contributed by atoms with Crippen molar-refractivity contribution >= 4 is 12.0 Å². The second-order valence-corrected chi connectivity index (χ2v) is 5.73. The van der Waals surface area contributed by atoms with Crippen molar-refractivity contribution in [1.82, 2.24) is 10.2 Å². The van der Waals surface area contributed by atoms with Crippen LogP contribution in [0.4, 0.5) is 4.79 Å². The molecule has 2 amide bonds. The van der Waals surface area contributed by atoms with Gasteiger partial charge in [0.15, 0.2) is 0 Å². The normalized spacial score (nSPS) is 22.1. The molecular formula is C14H26N2O4. The number of carbonyl (C=O) groups excluding carboxylic acids is 1. The lowest BCUT2D eigenvalue weighted by atomic mass is 9.85. The molecule has 0 radical (unpaired) electrons. The monoisotopic (exact) mass is 286 g/mol. The standard InChI is InChI=1S/C14H26N2O4/c1-10(7-13(17)18)12-5-4-6-16(8-12)14(19)15-11(2)9-20-3/h10-12H,4-9H2,1-3H3,(H,15,19)(H,17,18). The minimum absolute atomic E-state index is 0.0238. The maximum atomic E-state index is 12.1. The third kappa shape index (κ3) is 5.36. The number of likely N-dealkylation sites (tertiary alicyclic amines) is 1. The molecule has 0 aromatic carbocycles. The molecule has 0 bridgehead atoms. The van der Waals surface area contributed by atoms with Gasteiger partial charge in [-0.25, -0.2) is 4.79 Å². The van der Waals surface area contributed by atoms with E-state index in [0.717, 1.165) is 19.4 Å². The van der Waals surface area contributed by atoms with Gasteiger partial charge in [-0.2, -0.15) is 0 Å². The number of ether oxygens (including phenoxy) is 1. The molecule has 1 rings (SSSR count). The molecule has 1 fully saturated rings. The van der Waals surface area contributed by atoms with Crippen molar-refractivity contribution in [2.75, 3.05) is 26.8 Å². The van der Waals surface area contributed by atoms with Gasteiger partial charge >= 0.3 is 12.0 Å². The van der Waals surface area contributed by atoms with Crippen LogP contribution in [0.3, 0.4) is 0 Å². The number of aliphatic carboxylic acids is 1. The van der Waals surface area contributed by atoms with Crippen molar-refractivity contribution in [3.05, 3.63) is 0 Å². The Kier molecular flexibility index (Phi) is 6.78. The Morgan fingerprint density at radius 1 is 1.45 bits per heavy atom. The smallest absolute Gasteiger partial charge is 0.317 e. The van der Waals surface area contributed by atoms with Gasteiger partial charge in [-0.15, -0.1) is 0 Å². The number of hydrogen-bond acceptors (Lipinski definition) is 3. The molecule has 2 N–H and O–H groups in total. The maximum absolute atomic E-state index is 12.1. The molecule has 0 saturated carbocycles. The van der Waals surface area contributed by atoms with Crippen LogP contribution >= 0.6 is 0 Å². The number of nitrogens with one attached hydrogen (secondary N) is 1. The highest BCUT2D eigenvalue weighted by Crippen LogP contribution is 2.26. The van der Waals surface area contributed by atoms with Gasteiger partial charge in [0.2, 0.25) is 0 Å². The van der Waals surface area contributed by atoms with Crippen LogP contribution in [0.2, 0.25) is 0 Å². The lowest BCUT2D eigenvalue weighted by Crippen LogP contribution is -2.49. The summed E-state index contributed by atoms with van der Waals surface area (Å²) >= 11 is 0. The van der Waals surface area contributed by atoms with Crippen LogP contribution < -0.4 is 5.32 Å². The number of methoxy groups -OCH3 is 1. The SMILES string of the molecule is COCC(C)NC(=O)N1CCCC(C(C)CC(=O)O)C1. The van der Waals surface area contributed by atoms with Crippen molar-refractivity contribution in [1.29, 1.82) is 0 Å². The lowest BCUT2D eigenvalue weighted by Gasteiger charge is -2.36. The molecule has 0 aromatic rings. The zero-order chi connectivity index (χ0) is 15.1. The molecule has 1 heterocycles. The topological polar surface area (TPSA) is 78.9 Å². The van der Waals surface area contributed by atoms with Crippen LogP contribution in [-0.2, 0) is 9.53 Å². The molecule has 0 aromatic heterocycles. The van der Waals surface area contributed by atoms with Crippen molar-refractivity contribution in [2.24, 2.45) is 11.8 Å². The summed E-state index contributed by atoms with van der Waals surface area (Å²) in [5.74, 6) is -0.407. The van der Waals surface area contributed by atoms with Crippen LogP contribution in [0.15, 0.2) is 0 Å². The average molecular weight is 286 g/mol. The van der Waals surface area contributed by atoms with Crippen LogP contribution in [0.5, 0.6) is 0 Å². The summed E-state index contributed by atoms with van der Waals surface area (Å²) in [5.41, 5.74) is 0. The van der Waals surface area contributed by atoms with Gasteiger partial charge in [0.05, 0.1) is 12.6 Å². The van der Waals surface area contributed by atoms with E-state index >= 15 is 0 Å². The molecule has 6 heteroatoms. The number of carboxylic acid groups (broad SMARTS) is 1. The van der Waals surface area contributed by atoms with E-state index in [1.807, 2.05) is 13.8 Å². The van der Waals surface area contributed by atoms with Gasteiger partial charge in [-0.05, 0) is 31.6 Å². The summed E-state index contributed by atoms with van der Waals surface area (Å²) in [5, 5.41) is 11.8. The highest BCUT2D eigenvalue weighted by molar-refractivity contribution is 5.74. The summed E-state index contributed by atoms with van der Waals surface area (Å²) in [7, 11) is 1.60. The Morgan fingerprint density at radius 2 is 2.15 bits per heavy atom. The Morgan fingerprint density at radius 3 is 2.75 bits per heavy atom. The average Bonchev–Trinajstić information content (AvgIpc) is 2.38. The minimum atomic E-state index is -0.771. The first-order valence-corrected chi connectivity index (χ1v) is 7.20. The van der Waals surface area contributed by atoms with E-state index in [-0.39, 0.29) is 30.3 Å². The number of nitrogens with zero attached hydrogens (tertiary/aromatic N) is 1. The summed E-state index contributed by atoms with van der Waals surface area (Å²) in [4.78, 5) is 24.7. The molecule has 3 unspecified atom stereocenters. The van der Waals surface area contributed by atoms with Crippen LogP contribution in [0.25, 0.3) is 0 Å². The fourth-order valence-electron chi connectivity index (χ4n) is 2.69. The van der Waals surface area contributed by atoms with E-state index in [0.29, 0.717) is 13.2 Å². The van der Waals surface area contributed by atoms with E-state index in [9.17, 15) is 9.59 Å². The molecule has 0 aliphatic carbocycles. The van der Waals surface area contributed by atoms with Gasteiger partial charge in [-0.3, -0.25) is 4.79 Å². The zero-order valence-electron chi connectivity index (χ0n) is 12.6. The second-order valence-electron chi connectivity index (χ2n) is 5.73. The van der Waals surface area contributed by atoms with E-state index < -0.39 is 5.97 Å². The maximum Gasteiger partial charge on any atom is 0.317 e. The number of hydrogen-bond donors (Lipinski definition) is 2. The van der Waals surface area contributed by atoms with Crippen molar-refractivity contribution < 1.29 is 19.4 Å². The number of piperidine rings is 1. The number of urea groups is 1. The van der Waals surface area contributed by atoms with Gasteiger partial charge in [0, 0.05) is 26.6 Å². The van der Waals surface area contributed by atoms with E-state index in [2.05, 4.69) is 5.32 Å². The first-order chi connectivity index (χ1) is 9.43. The molecule has 1 saturated heterocycles. The Balaban J connectivity index is 2.47. The molecule has 0 spiro atoms. The number of carboxylic acids is 1. The lowest BCUT2D eigenvalue weighted by molar-refractivity contribution is -0.138. The Hall–Kier alpha value is -1.30. The minimum Gasteiger partial charge on any atom is -0.481 e. The third-order valence-corrected chi connectivity index (χ3v) is 3.83. The third-order valence-electron chi connectivity index (χ3n) is 3.83. The van der Waals surface area contributed by atoms with Crippen LogP contribution in [0, 0.1) is 11.8 Å². The summed E-state index contributed by atoms with van der Waals surface area (Å²) in [6.07, 6.45) is 2.09. The largest absolute Gasteiger partial charge is 0.481 e. The Bertz CT molecular complexity index is 335. The van der Waals surface area contributed by atoms with Crippen molar-refractivity contribution in [3.8, 4) is 0 Å². The predicted octanol–water partition coefficient (Wildman–Crippen LogP) is 1.55. The predicted molar refractivity (Wildman–Crippen MR) is 75.6 cm³/mol. The van der Waals surface area contributed by atoms with Gasteiger partial charge in [0.1, 0.15) is 0 Å². The van der Waals surface area contributed by atoms with Gasteiger partial charge in [-0.1, -0.05) is 6.92 Å². The summed E-state index contributed by atoms with van der Waals surface area (Å²) in [6, 6.07) is -0.105. The number of carbonyl (C=O) groups is 2. The van der Waals surface area contributed by atoms with E-state index in [1.54, 1.807) is 12.0 Å².